The van der Waals surface area contributed by atoms with E-state index in [0.717, 1.165) is 52.0 Å². The Bertz CT molecular complexity index is 1240. The number of H-pyrrole nitrogens is 1. The van der Waals surface area contributed by atoms with Gasteiger partial charge in [-0.1, -0.05) is 43.2 Å². The second-order valence-corrected chi connectivity index (χ2v) is 8.67. The third kappa shape index (κ3) is 4.49. The van der Waals surface area contributed by atoms with Gasteiger partial charge in [-0.25, -0.2) is 4.98 Å². The minimum Gasteiger partial charge on any atom is -0.487 e. The zero-order valence-electron chi connectivity index (χ0n) is 18.8. The summed E-state index contributed by atoms with van der Waals surface area (Å²) in [5, 5.41) is 1.11. The molecule has 1 unspecified atom stereocenters. The molecule has 1 fully saturated rings. The van der Waals surface area contributed by atoms with Crippen LogP contribution in [0.25, 0.3) is 22.2 Å². The molecule has 0 spiro atoms. The average Bonchev–Trinajstić information content (AvgIpc) is 3.58. The second-order valence-electron chi connectivity index (χ2n) is 8.67. The van der Waals surface area contributed by atoms with Crippen molar-refractivity contribution >= 4 is 16.9 Å². The van der Waals surface area contributed by atoms with Gasteiger partial charge in [0.05, 0.1) is 24.2 Å². The molecule has 1 saturated carbocycles. The molecule has 2 aromatic heterocycles. The van der Waals surface area contributed by atoms with E-state index in [0.29, 0.717) is 12.5 Å². The summed E-state index contributed by atoms with van der Waals surface area (Å²) in [5.41, 5.74) is 4.69. The maximum absolute atomic E-state index is 12.7. The summed E-state index contributed by atoms with van der Waals surface area (Å²) in [6.07, 6.45) is 6.35. The number of ether oxygens (including phenoxy) is 2. The van der Waals surface area contributed by atoms with Crippen LogP contribution < -0.4 is 4.74 Å². The zero-order chi connectivity index (χ0) is 22.6. The Kier molecular flexibility index (Phi) is 6.11. The second kappa shape index (κ2) is 9.49. The van der Waals surface area contributed by atoms with Gasteiger partial charge in [-0.2, -0.15) is 0 Å². The molecule has 0 saturated heterocycles. The van der Waals surface area contributed by atoms with E-state index in [1.54, 1.807) is 0 Å². The van der Waals surface area contributed by atoms with Crippen LogP contribution >= 0.6 is 0 Å². The largest absolute Gasteiger partial charge is 0.487 e. The van der Waals surface area contributed by atoms with E-state index in [1.807, 2.05) is 54.7 Å². The molecule has 168 valence electrons. The van der Waals surface area contributed by atoms with Crippen molar-refractivity contribution in [3.8, 4) is 17.0 Å². The first-order valence-corrected chi connectivity index (χ1v) is 11.6. The highest BCUT2D eigenvalue weighted by molar-refractivity contribution is 5.80. The van der Waals surface area contributed by atoms with Crippen molar-refractivity contribution in [1.29, 1.82) is 0 Å². The van der Waals surface area contributed by atoms with Crippen LogP contribution in [0.15, 0.2) is 72.9 Å². The van der Waals surface area contributed by atoms with E-state index in [-0.39, 0.29) is 11.9 Å². The van der Waals surface area contributed by atoms with Crippen LogP contribution in [0.5, 0.6) is 5.75 Å². The predicted octanol–water partition coefficient (Wildman–Crippen LogP) is 6.26. The quantitative estimate of drug-likeness (QED) is 0.345. The number of para-hydroxylation sites is 1. The summed E-state index contributed by atoms with van der Waals surface area (Å²) >= 11 is 0. The van der Waals surface area contributed by atoms with Crippen molar-refractivity contribution in [2.75, 3.05) is 7.11 Å². The Balaban J connectivity index is 1.46. The number of nitrogens with zero attached hydrogens (tertiary/aromatic N) is 1. The van der Waals surface area contributed by atoms with E-state index in [4.69, 9.17) is 14.5 Å². The molecule has 1 aliphatic rings. The van der Waals surface area contributed by atoms with Crippen LogP contribution in [0.3, 0.4) is 0 Å². The molecule has 1 aliphatic carbocycles. The summed E-state index contributed by atoms with van der Waals surface area (Å²) in [6.45, 7) is 0.362. The topological polar surface area (TPSA) is 64.2 Å². The van der Waals surface area contributed by atoms with Crippen molar-refractivity contribution in [2.24, 2.45) is 5.92 Å². The molecule has 0 bridgehead atoms. The molecule has 2 aromatic carbocycles. The number of nitrogens with one attached hydrogen (secondary N) is 1. The van der Waals surface area contributed by atoms with Crippen LogP contribution in [-0.4, -0.2) is 23.0 Å². The van der Waals surface area contributed by atoms with Crippen molar-refractivity contribution in [2.45, 2.75) is 38.2 Å². The first kappa shape index (κ1) is 21.3. The summed E-state index contributed by atoms with van der Waals surface area (Å²) in [4.78, 5) is 20.7. The van der Waals surface area contributed by atoms with Gasteiger partial charge < -0.3 is 14.5 Å². The molecule has 33 heavy (non-hydrogen) atoms. The van der Waals surface area contributed by atoms with Crippen molar-refractivity contribution in [1.82, 2.24) is 9.97 Å². The molecule has 1 atom stereocenters. The van der Waals surface area contributed by atoms with Gasteiger partial charge in [-0.15, -0.1) is 0 Å². The third-order valence-corrected chi connectivity index (χ3v) is 6.61. The number of esters is 1. The van der Waals surface area contributed by atoms with Crippen LogP contribution in [0, 0.1) is 5.92 Å². The maximum Gasteiger partial charge on any atom is 0.313 e. The summed E-state index contributed by atoms with van der Waals surface area (Å²) < 4.78 is 11.4. The number of methoxy groups -OCH3 is 1. The number of aromatic amines is 1. The molecule has 0 radical (unpaired) electrons. The molecule has 5 nitrogen and oxygen atoms in total. The van der Waals surface area contributed by atoms with Gasteiger partial charge in [-0.3, -0.25) is 4.79 Å². The minimum atomic E-state index is -0.248. The average molecular weight is 441 g/mol. The normalized spacial score (nSPS) is 14.9. The summed E-state index contributed by atoms with van der Waals surface area (Å²) in [6, 6.07) is 22.2. The lowest BCUT2D eigenvalue weighted by Gasteiger charge is -2.23. The molecule has 2 heterocycles. The first-order chi connectivity index (χ1) is 16.2. The number of carbonyl (C=O) groups excluding carboxylic acids is 1. The summed E-state index contributed by atoms with van der Waals surface area (Å²) in [7, 11) is 1.48. The maximum atomic E-state index is 12.7. The lowest BCUT2D eigenvalue weighted by Crippen LogP contribution is -2.21. The van der Waals surface area contributed by atoms with Gasteiger partial charge in [0, 0.05) is 22.8 Å². The summed E-state index contributed by atoms with van der Waals surface area (Å²) in [5.74, 6) is 0.671. The molecule has 4 aromatic rings. The molecule has 0 aliphatic heterocycles. The Morgan fingerprint density at radius 1 is 1.06 bits per heavy atom. The molecular formula is C28H28N2O3. The van der Waals surface area contributed by atoms with Crippen LogP contribution in [-0.2, 0) is 16.1 Å². The fraction of sp³-hybridized carbons (Fsp3) is 0.286. The number of hydrogen-bond donors (Lipinski definition) is 1. The first-order valence-electron chi connectivity index (χ1n) is 11.6. The number of pyridine rings is 1. The standard InChI is InChI=1S/C28H28N2O3/c1-32-28(31)27(20-8-2-3-9-20)21-13-15-26(23(17-21)25-11-6-16-29-25)33-18-22-14-12-19-7-4-5-10-24(19)30-22/h4-7,10-17,20,27,29H,2-3,8-9,18H2,1H3. The number of benzene rings is 2. The van der Waals surface area contributed by atoms with E-state index < -0.39 is 0 Å². The van der Waals surface area contributed by atoms with Gasteiger partial charge in [-0.05, 0) is 60.7 Å². The molecular weight excluding hydrogens is 412 g/mol. The molecule has 5 heteroatoms. The number of hydrogen-bond acceptors (Lipinski definition) is 4. The Morgan fingerprint density at radius 2 is 1.91 bits per heavy atom. The zero-order valence-corrected chi connectivity index (χ0v) is 18.8. The number of carbonyl (C=O) groups is 1. The minimum absolute atomic E-state index is 0.159. The molecule has 0 amide bonds. The smallest absolute Gasteiger partial charge is 0.313 e. The van der Waals surface area contributed by atoms with Crippen molar-refractivity contribution in [3.05, 3.63) is 84.2 Å². The van der Waals surface area contributed by atoms with Gasteiger partial charge >= 0.3 is 5.97 Å². The highest BCUT2D eigenvalue weighted by atomic mass is 16.5. The fourth-order valence-electron chi connectivity index (χ4n) is 4.93. The van der Waals surface area contributed by atoms with Gasteiger partial charge in [0.2, 0.25) is 0 Å². The van der Waals surface area contributed by atoms with E-state index in [1.165, 1.54) is 20.0 Å². The van der Waals surface area contributed by atoms with Crippen molar-refractivity contribution < 1.29 is 14.3 Å². The number of fused-ring (bicyclic) bond motifs is 1. The predicted molar refractivity (Wildman–Crippen MR) is 129 cm³/mol. The SMILES string of the molecule is COC(=O)C(c1ccc(OCc2ccc3ccccc3n2)c(-c2ccc[nH]2)c1)C1CCCC1. The highest BCUT2D eigenvalue weighted by Crippen LogP contribution is 2.41. The van der Waals surface area contributed by atoms with Gasteiger partial charge in [0.1, 0.15) is 12.4 Å². The van der Waals surface area contributed by atoms with E-state index >= 15 is 0 Å². The lowest BCUT2D eigenvalue weighted by atomic mass is 9.84. The van der Waals surface area contributed by atoms with E-state index in [2.05, 4.69) is 23.2 Å². The number of rotatable bonds is 7. The van der Waals surface area contributed by atoms with Crippen LogP contribution in [0.4, 0.5) is 0 Å². The Hall–Kier alpha value is -3.60. The Labute approximate surface area is 193 Å². The lowest BCUT2D eigenvalue weighted by molar-refractivity contribution is -0.143. The fourth-order valence-corrected chi connectivity index (χ4v) is 4.93. The molecule has 1 N–H and O–H groups in total. The molecule has 5 rings (SSSR count). The number of aromatic nitrogens is 2. The van der Waals surface area contributed by atoms with Gasteiger partial charge in [0.15, 0.2) is 0 Å². The third-order valence-electron chi connectivity index (χ3n) is 6.61. The van der Waals surface area contributed by atoms with Crippen molar-refractivity contribution in [3.63, 3.8) is 0 Å². The van der Waals surface area contributed by atoms with Crippen LogP contribution in [0.2, 0.25) is 0 Å². The monoisotopic (exact) mass is 440 g/mol. The highest BCUT2D eigenvalue weighted by Gasteiger charge is 2.33. The van der Waals surface area contributed by atoms with Gasteiger partial charge in [0.25, 0.3) is 0 Å². The Morgan fingerprint density at radius 3 is 2.70 bits per heavy atom. The van der Waals surface area contributed by atoms with E-state index in [9.17, 15) is 4.79 Å². The van der Waals surface area contributed by atoms with Crippen LogP contribution in [0.1, 0.15) is 42.9 Å².